The molecule has 1 aromatic carbocycles. The van der Waals surface area contributed by atoms with Crippen LogP contribution in [0.3, 0.4) is 0 Å². The molecule has 114 valence electrons. The molecule has 1 aromatic rings. The molecule has 1 atom stereocenters. The summed E-state index contributed by atoms with van der Waals surface area (Å²) in [6, 6.07) is 6.68. The first-order valence-corrected chi connectivity index (χ1v) is 8.07. The fraction of sp³-hybridized carbons (Fsp3) is 0.625. The van der Waals surface area contributed by atoms with Crippen molar-refractivity contribution in [2.24, 2.45) is 0 Å². The maximum atomic E-state index is 9.71. The fourth-order valence-electron chi connectivity index (χ4n) is 2.48. The van der Waals surface area contributed by atoms with Crippen LogP contribution in [0.4, 0.5) is 5.69 Å². The largest absolute Gasteiger partial charge is 0.389 e. The fourth-order valence-corrected chi connectivity index (χ4v) is 3.17. The van der Waals surface area contributed by atoms with E-state index in [0.717, 1.165) is 29.4 Å². The van der Waals surface area contributed by atoms with Crippen molar-refractivity contribution in [1.29, 1.82) is 0 Å². The maximum Gasteiger partial charge on any atom is 0.0772 e. The molecule has 0 aromatic heterocycles. The third-order valence-electron chi connectivity index (χ3n) is 3.69. The summed E-state index contributed by atoms with van der Waals surface area (Å²) >= 11 is 3.56. The Morgan fingerprint density at radius 3 is 2.40 bits per heavy atom. The number of rotatable bonds is 8. The van der Waals surface area contributed by atoms with Gasteiger partial charge in [-0.05, 0) is 37.5 Å². The van der Waals surface area contributed by atoms with Gasteiger partial charge in [-0.1, -0.05) is 35.8 Å². The number of methoxy groups -OCH3 is 1. The van der Waals surface area contributed by atoms with Gasteiger partial charge in [0.15, 0.2) is 0 Å². The molecule has 0 aliphatic rings. The molecular weight excluding hydrogens is 318 g/mol. The summed E-state index contributed by atoms with van der Waals surface area (Å²) < 4.78 is 6.19. The molecule has 0 fully saturated rings. The molecule has 0 bridgehead atoms. The van der Waals surface area contributed by atoms with Gasteiger partial charge in [0.05, 0.1) is 12.7 Å². The minimum Gasteiger partial charge on any atom is -0.389 e. The van der Waals surface area contributed by atoms with Crippen LogP contribution in [0.5, 0.6) is 0 Å². The van der Waals surface area contributed by atoms with Crippen LogP contribution in [0.15, 0.2) is 22.7 Å². The SMILES string of the molecule is CCC(CC)N(CCOC)c1ccc(C(C)O)c(Br)c1. The summed E-state index contributed by atoms with van der Waals surface area (Å²) in [4.78, 5) is 2.39. The van der Waals surface area contributed by atoms with E-state index in [-0.39, 0.29) is 0 Å². The van der Waals surface area contributed by atoms with Crippen LogP contribution in [0, 0.1) is 0 Å². The van der Waals surface area contributed by atoms with Crippen LogP contribution in [-0.4, -0.2) is 31.4 Å². The Kier molecular flexibility index (Phi) is 7.56. The predicted octanol–water partition coefficient (Wildman–Crippen LogP) is 4.14. The highest BCUT2D eigenvalue weighted by Gasteiger charge is 2.17. The Morgan fingerprint density at radius 1 is 1.30 bits per heavy atom. The second-order valence-electron chi connectivity index (χ2n) is 5.04. The quantitative estimate of drug-likeness (QED) is 0.769. The number of ether oxygens (including phenoxy) is 1. The molecule has 1 rings (SSSR count). The van der Waals surface area contributed by atoms with Crippen molar-refractivity contribution in [2.75, 3.05) is 25.2 Å². The van der Waals surface area contributed by atoms with E-state index in [1.54, 1.807) is 14.0 Å². The zero-order chi connectivity index (χ0) is 15.1. The van der Waals surface area contributed by atoms with E-state index in [0.29, 0.717) is 12.6 Å². The lowest BCUT2D eigenvalue weighted by atomic mass is 10.1. The van der Waals surface area contributed by atoms with Gasteiger partial charge in [0.2, 0.25) is 0 Å². The molecule has 0 aliphatic carbocycles. The molecule has 0 amide bonds. The summed E-state index contributed by atoms with van der Waals surface area (Å²) in [5.41, 5.74) is 2.09. The summed E-state index contributed by atoms with van der Waals surface area (Å²) in [5, 5.41) is 9.71. The monoisotopic (exact) mass is 343 g/mol. The van der Waals surface area contributed by atoms with Gasteiger partial charge in [-0.3, -0.25) is 0 Å². The van der Waals surface area contributed by atoms with E-state index in [2.05, 4.69) is 46.8 Å². The Bertz CT molecular complexity index is 405. The predicted molar refractivity (Wildman–Crippen MR) is 88.4 cm³/mol. The number of anilines is 1. The van der Waals surface area contributed by atoms with E-state index in [1.165, 1.54) is 5.69 Å². The topological polar surface area (TPSA) is 32.7 Å². The van der Waals surface area contributed by atoms with Crippen molar-refractivity contribution in [2.45, 2.75) is 45.8 Å². The number of aliphatic hydroxyl groups excluding tert-OH is 1. The van der Waals surface area contributed by atoms with E-state index < -0.39 is 6.10 Å². The van der Waals surface area contributed by atoms with Crippen molar-refractivity contribution in [3.8, 4) is 0 Å². The minimum absolute atomic E-state index is 0.459. The molecule has 20 heavy (non-hydrogen) atoms. The zero-order valence-electron chi connectivity index (χ0n) is 12.9. The normalized spacial score (nSPS) is 12.8. The lowest BCUT2D eigenvalue weighted by Gasteiger charge is -2.33. The van der Waals surface area contributed by atoms with Crippen LogP contribution in [0.25, 0.3) is 0 Å². The highest BCUT2D eigenvalue weighted by Crippen LogP contribution is 2.30. The molecule has 4 heteroatoms. The summed E-state index contributed by atoms with van der Waals surface area (Å²) in [7, 11) is 1.73. The Labute approximate surface area is 131 Å². The van der Waals surface area contributed by atoms with Crippen LogP contribution in [0.2, 0.25) is 0 Å². The number of hydrogen-bond donors (Lipinski definition) is 1. The van der Waals surface area contributed by atoms with Crippen molar-refractivity contribution in [1.82, 2.24) is 0 Å². The summed E-state index contributed by atoms with van der Waals surface area (Å²) in [5.74, 6) is 0. The van der Waals surface area contributed by atoms with Crippen molar-refractivity contribution < 1.29 is 9.84 Å². The second kappa shape index (κ2) is 8.65. The van der Waals surface area contributed by atoms with Gasteiger partial charge >= 0.3 is 0 Å². The Hall–Kier alpha value is -0.580. The van der Waals surface area contributed by atoms with E-state index in [1.807, 2.05) is 6.07 Å². The van der Waals surface area contributed by atoms with Crippen molar-refractivity contribution >= 4 is 21.6 Å². The average Bonchev–Trinajstić information content (AvgIpc) is 2.43. The van der Waals surface area contributed by atoms with Gasteiger partial charge in [-0.25, -0.2) is 0 Å². The molecule has 0 saturated heterocycles. The van der Waals surface area contributed by atoms with E-state index in [9.17, 15) is 5.11 Å². The summed E-state index contributed by atoms with van der Waals surface area (Å²) in [6.07, 6.45) is 1.75. The first-order valence-electron chi connectivity index (χ1n) is 7.28. The van der Waals surface area contributed by atoms with Crippen molar-refractivity contribution in [3.05, 3.63) is 28.2 Å². The Morgan fingerprint density at radius 2 is 1.95 bits per heavy atom. The molecule has 0 heterocycles. The standard InChI is InChI=1S/C16H26BrNO2/c1-5-13(6-2)18(9-10-20-4)14-7-8-15(12(3)19)16(17)11-14/h7-8,11-13,19H,5-6,9-10H2,1-4H3. The van der Waals surface area contributed by atoms with Gasteiger partial charge in [0.1, 0.15) is 0 Å². The number of halogens is 1. The minimum atomic E-state index is -0.459. The van der Waals surface area contributed by atoms with Gasteiger partial charge in [-0.2, -0.15) is 0 Å². The van der Waals surface area contributed by atoms with Crippen LogP contribution >= 0.6 is 15.9 Å². The van der Waals surface area contributed by atoms with Gasteiger partial charge in [-0.15, -0.1) is 0 Å². The van der Waals surface area contributed by atoms with Crippen LogP contribution < -0.4 is 4.90 Å². The Balaban J connectivity index is 3.03. The number of hydrogen-bond acceptors (Lipinski definition) is 3. The number of aliphatic hydroxyl groups is 1. The highest BCUT2D eigenvalue weighted by atomic mass is 79.9. The molecule has 0 spiro atoms. The third-order valence-corrected chi connectivity index (χ3v) is 4.37. The summed E-state index contributed by atoms with van der Waals surface area (Å²) in [6.45, 7) is 7.80. The molecule has 3 nitrogen and oxygen atoms in total. The molecule has 1 N–H and O–H groups in total. The van der Waals surface area contributed by atoms with E-state index >= 15 is 0 Å². The number of nitrogens with zero attached hydrogens (tertiary/aromatic N) is 1. The van der Waals surface area contributed by atoms with Crippen LogP contribution in [0.1, 0.15) is 45.3 Å². The molecule has 0 radical (unpaired) electrons. The molecule has 1 unspecified atom stereocenters. The first-order chi connectivity index (χ1) is 9.54. The van der Waals surface area contributed by atoms with Crippen LogP contribution in [-0.2, 0) is 4.74 Å². The van der Waals surface area contributed by atoms with Gasteiger partial charge in [0.25, 0.3) is 0 Å². The lowest BCUT2D eigenvalue weighted by molar-refractivity contribution is 0.198. The highest BCUT2D eigenvalue weighted by molar-refractivity contribution is 9.10. The van der Waals surface area contributed by atoms with Gasteiger partial charge < -0.3 is 14.7 Å². The zero-order valence-corrected chi connectivity index (χ0v) is 14.5. The average molecular weight is 344 g/mol. The molecule has 0 aliphatic heterocycles. The number of benzene rings is 1. The third kappa shape index (κ3) is 4.47. The molecular formula is C16H26BrNO2. The smallest absolute Gasteiger partial charge is 0.0772 e. The second-order valence-corrected chi connectivity index (χ2v) is 5.89. The maximum absolute atomic E-state index is 9.71. The van der Waals surface area contributed by atoms with E-state index in [4.69, 9.17) is 4.74 Å². The lowest BCUT2D eigenvalue weighted by Crippen LogP contribution is -2.37. The van der Waals surface area contributed by atoms with Gasteiger partial charge in [0, 0.05) is 29.9 Å². The first kappa shape index (κ1) is 17.5. The molecule has 0 saturated carbocycles. The van der Waals surface area contributed by atoms with Crippen molar-refractivity contribution in [3.63, 3.8) is 0 Å².